The van der Waals surface area contributed by atoms with Gasteiger partial charge < -0.3 is 15.3 Å². The molecule has 0 saturated heterocycles. The lowest BCUT2D eigenvalue weighted by Gasteiger charge is -2.40. The van der Waals surface area contributed by atoms with Crippen molar-refractivity contribution < 1.29 is 5.11 Å². The number of nitrogens with zero attached hydrogens (tertiary/aromatic N) is 1. The molecule has 2 N–H and O–H groups in total. The Bertz CT molecular complexity index is 416. The molecule has 1 fully saturated rings. The second-order valence-electron chi connectivity index (χ2n) is 6.90. The third-order valence-corrected chi connectivity index (χ3v) is 4.50. The van der Waals surface area contributed by atoms with Crippen molar-refractivity contribution in [2.75, 3.05) is 26.7 Å². The van der Waals surface area contributed by atoms with Gasteiger partial charge >= 0.3 is 0 Å². The molecule has 2 rings (SSSR count). The highest BCUT2D eigenvalue weighted by Crippen LogP contribution is 2.28. The van der Waals surface area contributed by atoms with Gasteiger partial charge in [0.1, 0.15) is 0 Å². The zero-order valence-corrected chi connectivity index (χ0v) is 13.7. The first-order valence-electron chi connectivity index (χ1n) is 8.18. The lowest BCUT2D eigenvalue weighted by atomic mass is 9.84. The van der Waals surface area contributed by atoms with Crippen molar-refractivity contribution >= 4 is 0 Å². The van der Waals surface area contributed by atoms with Crippen LogP contribution < -0.4 is 5.32 Å². The van der Waals surface area contributed by atoms with Crippen molar-refractivity contribution in [1.82, 2.24) is 10.2 Å². The molecule has 1 aliphatic carbocycles. The van der Waals surface area contributed by atoms with E-state index in [0.717, 1.165) is 19.0 Å². The van der Waals surface area contributed by atoms with E-state index in [1.165, 1.54) is 24.8 Å². The maximum absolute atomic E-state index is 10.1. The lowest BCUT2D eigenvalue weighted by Crippen LogP contribution is -2.55. The largest absolute Gasteiger partial charge is 0.394 e. The van der Waals surface area contributed by atoms with E-state index in [9.17, 15) is 5.11 Å². The molecule has 118 valence electrons. The van der Waals surface area contributed by atoms with Crippen LogP contribution in [0.2, 0.25) is 0 Å². The molecular weight excluding hydrogens is 260 g/mol. The van der Waals surface area contributed by atoms with Crippen LogP contribution in [0.4, 0.5) is 0 Å². The Morgan fingerprint density at radius 1 is 1.29 bits per heavy atom. The quantitative estimate of drug-likeness (QED) is 0.772. The minimum absolute atomic E-state index is 0.115. The molecule has 3 heteroatoms. The average molecular weight is 290 g/mol. The van der Waals surface area contributed by atoms with Crippen LogP contribution in [0, 0.1) is 5.92 Å². The number of aliphatic hydroxyl groups excluding tert-OH is 1. The Balaban J connectivity index is 2.13. The zero-order chi connectivity index (χ0) is 15.3. The van der Waals surface area contributed by atoms with Crippen molar-refractivity contribution in [3.05, 3.63) is 35.9 Å². The van der Waals surface area contributed by atoms with Crippen LogP contribution in [0.3, 0.4) is 0 Å². The summed E-state index contributed by atoms with van der Waals surface area (Å²) < 4.78 is 0. The van der Waals surface area contributed by atoms with Gasteiger partial charge in [0.05, 0.1) is 12.1 Å². The Morgan fingerprint density at radius 2 is 1.95 bits per heavy atom. The van der Waals surface area contributed by atoms with E-state index < -0.39 is 0 Å². The van der Waals surface area contributed by atoms with E-state index in [4.69, 9.17) is 0 Å². The van der Waals surface area contributed by atoms with Gasteiger partial charge in [0.25, 0.3) is 0 Å². The number of nitrogens with one attached hydrogen (secondary N) is 1. The van der Waals surface area contributed by atoms with Crippen LogP contribution in [-0.2, 0) is 5.54 Å². The van der Waals surface area contributed by atoms with Crippen molar-refractivity contribution in [1.29, 1.82) is 0 Å². The summed E-state index contributed by atoms with van der Waals surface area (Å²) in [5, 5.41) is 13.8. The van der Waals surface area contributed by atoms with Crippen LogP contribution in [0.1, 0.15) is 38.7 Å². The third kappa shape index (κ3) is 4.29. The van der Waals surface area contributed by atoms with Crippen molar-refractivity contribution in [3.63, 3.8) is 0 Å². The standard InChI is InChI=1S/C18H30N2O/c1-15(2)19-18(14-21,17-10-5-4-6-11-17)13-20(3)12-16-8-7-9-16/h4-6,10-11,15-16,19,21H,7-9,12-14H2,1-3H3. The maximum Gasteiger partial charge on any atom is 0.0799 e. The summed E-state index contributed by atoms with van der Waals surface area (Å²) in [6, 6.07) is 10.7. The number of hydrogen-bond acceptors (Lipinski definition) is 3. The van der Waals surface area contributed by atoms with E-state index in [0.29, 0.717) is 6.04 Å². The Kier molecular flexibility index (Phi) is 5.80. The number of benzene rings is 1. The normalized spacial score (nSPS) is 18.8. The summed E-state index contributed by atoms with van der Waals surface area (Å²) in [6.45, 7) is 6.36. The number of aliphatic hydroxyl groups is 1. The fraction of sp³-hybridized carbons (Fsp3) is 0.667. The monoisotopic (exact) mass is 290 g/mol. The van der Waals surface area contributed by atoms with Gasteiger partial charge in [0, 0.05) is 19.1 Å². The van der Waals surface area contributed by atoms with Gasteiger partial charge in [0.2, 0.25) is 0 Å². The molecule has 0 bridgehead atoms. The average Bonchev–Trinajstić information content (AvgIpc) is 2.42. The van der Waals surface area contributed by atoms with E-state index in [1.54, 1.807) is 0 Å². The highest BCUT2D eigenvalue weighted by molar-refractivity contribution is 5.25. The van der Waals surface area contributed by atoms with Crippen molar-refractivity contribution in [3.8, 4) is 0 Å². The summed E-state index contributed by atoms with van der Waals surface area (Å²) in [5.74, 6) is 0.848. The number of hydrogen-bond donors (Lipinski definition) is 2. The van der Waals surface area contributed by atoms with Crippen LogP contribution >= 0.6 is 0 Å². The first kappa shape index (κ1) is 16.5. The summed E-state index contributed by atoms with van der Waals surface area (Å²) in [6.07, 6.45) is 4.10. The Labute approximate surface area is 129 Å². The predicted octanol–water partition coefficient (Wildman–Crippen LogP) is 2.60. The van der Waals surface area contributed by atoms with Gasteiger partial charge in [-0.05, 0) is 45.2 Å². The molecule has 0 spiro atoms. The molecule has 21 heavy (non-hydrogen) atoms. The van der Waals surface area contributed by atoms with Crippen LogP contribution in [0.5, 0.6) is 0 Å². The molecule has 0 aliphatic heterocycles. The second-order valence-corrected chi connectivity index (χ2v) is 6.90. The fourth-order valence-electron chi connectivity index (χ4n) is 3.36. The van der Waals surface area contributed by atoms with Gasteiger partial charge in [0.15, 0.2) is 0 Å². The molecule has 1 aromatic carbocycles. The van der Waals surface area contributed by atoms with Crippen LogP contribution in [0.15, 0.2) is 30.3 Å². The van der Waals surface area contributed by atoms with Gasteiger partial charge in [-0.25, -0.2) is 0 Å². The van der Waals surface area contributed by atoms with Gasteiger partial charge in [-0.2, -0.15) is 0 Å². The highest BCUT2D eigenvalue weighted by atomic mass is 16.3. The maximum atomic E-state index is 10.1. The molecule has 0 aromatic heterocycles. The summed E-state index contributed by atoms with van der Waals surface area (Å²) in [7, 11) is 2.17. The number of rotatable bonds is 8. The molecule has 1 saturated carbocycles. The molecule has 1 aliphatic rings. The number of likely N-dealkylation sites (N-methyl/N-ethyl adjacent to an activating group) is 1. The molecule has 0 radical (unpaired) electrons. The molecule has 0 heterocycles. The SMILES string of the molecule is CC(C)NC(CO)(CN(C)CC1CCC1)c1ccccc1. The third-order valence-electron chi connectivity index (χ3n) is 4.50. The Hall–Kier alpha value is -0.900. The highest BCUT2D eigenvalue weighted by Gasteiger charge is 2.34. The minimum atomic E-state index is -0.381. The predicted molar refractivity (Wildman–Crippen MR) is 88.3 cm³/mol. The van der Waals surface area contributed by atoms with E-state index in [-0.39, 0.29) is 12.1 Å². The first-order chi connectivity index (χ1) is 10.1. The second kappa shape index (κ2) is 7.39. The van der Waals surface area contributed by atoms with Gasteiger partial charge in [-0.3, -0.25) is 0 Å². The molecule has 0 amide bonds. The first-order valence-corrected chi connectivity index (χ1v) is 8.18. The van der Waals surface area contributed by atoms with Crippen molar-refractivity contribution in [2.45, 2.75) is 44.7 Å². The smallest absolute Gasteiger partial charge is 0.0799 e. The van der Waals surface area contributed by atoms with Gasteiger partial charge in [-0.1, -0.05) is 36.8 Å². The minimum Gasteiger partial charge on any atom is -0.394 e. The lowest BCUT2D eigenvalue weighted by molar-refractivity contribution is 0.0944. The Morgan fingerprint density at radius 3 is 2.43 bits per heavy atom. The van der Waals surface area contributed by atoms with Crippen LogP contribution in [-0.4, -0.2) is 42.8 Å². The summed E-state index contributed by atoms with van der Waals surface area (Å²) >= 11 is 0. The summed E-state index contributed by atoms with van der Waals surface area (Å²) in [5.41, 5.74) is 0.787. The van der Waals surface area contributed by atoms with Crippen LogP contribution in [0.25, 0.3) is 0 Å². The van der Waals surface area contributed by atoms with E-state index in [2.05, 4.69) is 43.2 Å². The molecule has 1 aromatic rings. The fourth-order valence-corrected chi connectivity index (χ4v) is 3.36. The van der Waals surface area contributed by atoms with Crippen molar-refractivity contribution in [2.24, 2.45) is 5.92 Å². The van der Waals surface area contributed by atoms with E-state index in [1.807, 2.05) is 18.2 Å². The molecular formula is C18H30N2O. The molecule has 1 unspecified atom stereocenters. The van der Waals surface area contributed by atoms with E-state index >= 15 is 0 Å². The zero-order valence-electron chi connectivity index (χ0n) is 13.7. The topological polar surface area (TPSA) is 35.5 Å². The van der Waals surface area contributed by atoms with Gasteiger partial charge in [-0.15, -0.1) is 0 Å². The molecule has 1 atom stereocenters. The summed E-state index contributed by atoms with van der Waals surface area (Å²) in [4.78, 5) is 2.38. The molecule has 3 nitrogen and oxygen atoms in total.